The van der Waals surface area contributed by atoms with E-state index in [0.29, 0.717) is 30.1 Å². The fourth-order valence-corrected chi connectivity index (χ4v) is 2.89. The molecule has 3 rings (SSSR count). The Bertz CT molecular complexity index is 834. The SMILES string of the molecule is O=C(COC(=O)c1ccc(N2CCCC2=O)cc1)NCc1ccc(Cl)cc1. The van der Waals surface area contributed by atoms with Gasteiger partial charge in [0.25, 0.3) is 5.91 Å². The Balaban J connectivity index is 1.46. The van der Waals surface area contributed by atoms with Crippen molar-refractivity contribution in [2.24, 2.45) is 0 Å². The van der Waals surface area contributed by atoms with Crippen molar-refractivity contribution < 1.29 is 19.1 Å². The third kappa shape index (κ3) is 5.08. The van der Waals surface area contributed by atoms with Gasteiger partial charge in [0.1, 0.15) is 0 Å². The third-order valence-electron chi connectivity index (χ3n) is 4.23. The quantitative estimate of drug-likeness (QED) is 0.774. The first-order valence-electron chi connectivity index (χ1n) is 8.61. The number of nitrogens with one attached hydrogen (secondary N) is 1. The number of amides is 2. The van der Waals surface area contributed by atoms with E-state index < -0.39 is 11.9 Å². The highest BCUT2D eigenvalue weighted by molar-refractivity contribution is 6.30. The van der Waals surface area contributed by atoms with Crippen LogP contribution in [0.5, 0.6) is 0 Å². The van der Waals surface area contributed by atoms with Crippen molar-refractivity contribution in [2.45, 2.75) is 19.4 Å². The molecule has 1 saturated heterocycles. The molecule has 0 radical (unpaired) electrons. The normalized spacial score (nSPS) is 13.5. The van der Waals surface area contributed by atoms with E-state index in [0.717, 1.165) is 17.7 Å². The largest absolute Gasteiger partial charge is 0.452 e. The lowest BCUT2D eigenvalue weighted by atomic mass is 10.2. The Morgan fingerprint density at radius 2 is 1.78 bits per heavy atom. The summed E-state index contributed by atoms with van der Waals surface area (Å²) in [6.45, 7) is 0.654. The number of nitrogens with zero attached hydrogens (tertiary/aromatic N) is 1. The minimum atomic E-state index is -0.587. The molecule has 1 fully saturated rings. The minimum Gasteiger partial charge on any atom is -0.452 e. The molecule has 27 heavy (non-hydrogen) atoms. The molecule has 1 N–H and O–H groups in total. The van der Waals surface area contributed by atoms with Crippen LogP contribution in [0.1, 0.15) is 28.8 Å². The summed E-state index contributed by atoms with van der Waals surface area (Å²) in [6.07, 6.45) is 1.39. The molecule has 6 nitrogen and oxygen atoms in total. The summed E-state index contributed by atoms with van der Waals surface area (Å²) >= 11 is 5.81. The Morgan fingerprint density at radius 3 is 2.41 bits per heavy atom. The van der Waals surface area contributed by atoms with Crippen LogP contribution in [-0.2, 0) is 20.9 Å². The lowest BCUT2D eigenvalue weighted by Crippen LogP contribution is -2.28. The van der Waals surface area contributed by atoms with E-state index >= 15 is 0 Å². The number of benzene rings is 2. The number of rotatable bonds is 6. The van der Waals surface area contributed by atoms with E-state index in [9.17, 15) is 14.4 Å². The van der Waals surface area contributed by atoms with Crippen LogP contribution < -0.4 is 10.2 Å². The molecule has 0 bridgehead atoms. The Labute approximate surface area is 162 Å². The second-order valence-electron chi connectivity index (χ2n) is 6.18. The molecule has 2 aromatic rings. The van der Waals surface area contributed by atoms with E-state index in [2.05, 4.69) is 5.32 Å². The van der Waals surface area contributed by atoms with Gasteiger partial charge in [-0.05, 0) is 48.4 Å². The Kier molecular flexibility index (Phi) is 6.08. The van der Waals surface area contributed by atoms with E-state index in [-0.39, 0.29) is 12.5 Å². The van der Waals surface area contributed by atoms with Gasteiger partial charge in [-0.15, -0.1) is 0 Å². The molecule has 1 heterocycles. The van der Waals surface area contributed by atoms with Gasteiger partial charge in [0.15, 0.2) is 6.61 Å². The second kappa shape index (κ2) is 8.68. The summed E-state index contributed by atoms with van der Waals surface area (Å²) in [5.74, 6) is -0.892. The number of anilines is 1. The molecule has 0 aliphatic carbocycles. The predicted molar refractivity (Wildman–Crippen MR) is 102 cm³/mol. The molecule has 140 valence electrons. The van der Waals surface area contributed by atoms with Crippen LogP contribution >= 0.6 is 11.6 Å². The van der Waals surface area contributed by atoms with Gasteiger partial charge in [0.2, 0.25) is 5.91 Å². The zero-order chi connectivity index (χ0) is 19.2. The Morgan fingerprint density at radius 1 is 1.07 bits per heavy atom. The van der Waals surface area contributed by atoms with Gasteiger partial charge in [0.05, 0.1) is 5.56 Å². The molecule has 1 aliphatic heterocycles. The van der Waals surface area contributed by atoms with Crippen LogP contribution in [0.25, 0.3) is 0 Å². The van der Waals surface area contributed by atoms with Gasteiger partial charge < -0.3 is 15.0 Å². The molecule has 0 spiro atoms. The summed E-state index contributed by atoms with van der Waals surface area (Å²) in [7, 11) is 0. The number of halogens is 1. The zero-order valence-electron chi connectivity index (χ0n) is 14.6. The second-order valence-corrected chi connectivity index (χ2v) is 6.61. The molecular formula is C20H19ClN2O4. The number of carbonyl (C=O) groups excluding carboxylic acids is 3. The van der Waals surface area contributed by atoms with Gasteiger partial charge in [-0.25, -0.2) is 4.79 Å². The van der Waals surface area contributed by atoms with E-state index in [1.807, 2.05) is 0 Å². The number of ether oxygens (including phenoxy) is 1. The van der Waals surface area contributed by atoms with Crippen molar-refractivity contribution in [1.82, 2.24) is 5.32 Å². The topological polar surface area (TPSA) is 75.7 Å². The number of carbonyl (C=O) groups is 3. The monoisotopic (exact) mass is 386 g/mol. The van der Waals surface area contributed by atoms with Crippen LogP contribution in [0, 0.1) is 0 Å². The number of hydrogen-bond donors (Lipinski definition) is 1. The summed E-state index contributed by atoms with van der Waals surface area (Å²) in [5.41, 5.74) is 1.98. The van der Waals surface area contributed by atoms with Crippen LogP contribution in [0.4, 0.5) is 5.69 Å². The molecule has 7 heteroatoms. The van der Waals surface area contributed by atoms with Crippen LogP contribution in [0.3, 0.4) is 0 Å². The van der Waals surface area contributed by atoms with Crippen LogP contribution in [-0.4, -0.2) is 30.9 Å². The fraction of sp³-hybridized carbons (Fsp3) is 0.250. The molecule has 2 aromatic carbocycles. The lowest BCUT2D eigenvalue weighted by Gasteiger charge is -2.15. The summed E-state index contributed by atoms with van der Waals surface area (Å²) in [5, 5.41) is 3.30. The molecule has 2 amide bonds. The number of esters is 1. The van der Waals surface area contributed by atoms with Gasteiger partial charge >= 0.3 is 5.97 Å². The van der Waals surface area contributed by atoms with E-state index in [4.69, 9.17) is 16.3 Å². The molecular weight excluding hydrogens is 368 g/mol. The molecule has 0 aromatic heterocycles. The predicted octanol–water partition coefficient (Wildman–Crippen LogP) is 2.94. The van der Waals surface area contributed by atoms with Crippen molar-refractivity contribution in [1.29, 1.82) is 0 Å². The zero-order valence-corrected chi connectivity index (χ0v) is 15.4. The molecule has 0 saturated carbocycles. The van der Waals surface area contributed by atoms with Gasteiger partial charge in [-0.2, -0.15) is 0 Å². The first-order chi connectivity index (χ1) is 13.0. The highest BCUT2D eigenvalue weighted by Gasteiger charge is 2.21. The van der Waals surface area contributed by atoms with Crippen molar-refractivity contribution in [3.8, 4) is 0 Å². The maximum Gasteiger partial charge on any atom is 0.338 e. The smallest absolute Gasteiger partial charge is 0.338 e. The van der Waals surface area contributed by atoms with E-state index in [1.54, 1.807) is 53.4 Å². The molecule has 1 aliphatic rings. The summed E-state index contributed by atoms with van der Waals surface area (Å²) in [6, 6.07) is 13.7. The summed E-state index contributed by atoms with van der Waals surface area (Å²) < 4.78 is 5.03. The first kappa shape index (κ1) is 18.9. The first-order valence-corrected chi connectivity index (χ1v) is 8.99. The number of hydrogen-bond acceptors (Lipinski definition) is 4. The van der Waals surface area contributed by atoms with Gasteiger partial charge in [-0.1, -0.05) is 23.7 Å². The maximum absolute atomic E-state index is 12.1. The fourth-order valence-electron chi connectivity index (χ4n) is 2.77. The highest BCUT2D eigenvalue weighted by atomic mass is 35.5. The van der Waals surface area contributed by atoms with Crippen molar-refractivity contribution >= 4 is 35.1 Å². The lowest BCUT2D eigenvalue weighted by molar-refractivity contribution is -0.124. The average Bonchev–Trinajstić information content (AvgIpc) is 3.11. The molecule has 0 atom stereocenters. The standard InChI is InChI=1S/C20H19ClN2O4/c21-16-7-3-14(4-8-16)12-22-18(24)13-27-20(26)15-5-9-17(10-6-15)23-11-1-2-19(23)25/h3-10H,1-2,11-13H2,(H,22,24). The van der Waals surface area contributed by atoms with Gasteiger partial charge in [-0.3, -0.25) is 9.59 Å². The van der Waals surface area contributed by atoms with Crippen LogP contribution in [0.2, 0.25) is 5.02 Å². The van der Waals surface area contributed by atoms with Crippen molar-refractivity contribution in [2.75, 3.05) is 18.1 Å². The van der Waals surface area contributed by atoms with Crippen molar-refractivity contribution in [3.05, 3.63) is 64.7 Å². The van der Waals surface area contributed by atoms with Crippen molar-refractivity contribution in [3.63, 3.8) is 0 Å². The third-order valence-corrected chi connectivity index (χ3v) is 4.48. The van der Waals surface area contributed by atoms with Gasteiger partial charge in [0, 0.05) is 30.2 Å². The maximum atomic E-state index is 12.1. The average molecular weight is 387 g/mol. The van der Waals surface area contributed by atoms with Crippen LogP contribution in [0.15, 0.2) is 48.5 Å². The molecule has 0 unspecified atom stereocenters. The Hall–Kier alpha value is -2.86. The minimum absolute atomic E-state index is 0.0858. The van der Waals surface area contributed by atoms with E-state index in [1.165, 1.54) is 0 Å². The summed E-state index contributed by atoms with van der Waals surface area (Å²) in [4.78, 5) is 37.3. The highest BCUT2D eigenvalue weighted by Crippen LogP contribution is 2.21.